The average Bonchev–Trinajstić information content (AvgIpc) is 2.38. The van der Waals surface area contributed by atoms with E-state index in [1.807, 2.05) is 6.92 Å². The minimum absolute atomic E-state index is 0.203. The molecule has 0 amide bonds. The summed E-state index contributed by atoms with van der Waals surface area (Å²) < 4.78 is 11.0. The molecule has 6 nitrogen and oxygen atoms in total. The molecule has 0 aliphatic carbocycles. The molecule has 1 aliphatic heterocycles. The predicted octanol–water partition coefficient (Wildman–Crippen LogP) is 1.28. The maximum Gasteiger partial charge on any atom is 0.162 e. The Morgan fingerprint density at radius 2 is 2.11 bits per heavy atom. The summed E-state index contributed by atoms with van der Waals surface area (Å²) in [5.41, 5.74) is 4.62. The molecule has 0 bridgehead atoms. The molecule has 6 heteroatoms. The third-order valence-corrected chi connectivity index (χ3v) is 2.97. The molecule has 0 radical (unpaired) electrons. The highest BCUT2D eigenvalue weighted by atomic mass is 16.6. The molecule has 0 saturated carbocycles. The quantitative estimate of drug-likeness (QED) is 0.623. The zero-order valence-corrected chi connectivity index (χ0v) is 11.1. The number of hydrazine groups is 1. The number of nitrogen functional groups attached to an aromatic ring is 1. The van der Waals surface area contributed by atoms with Crippen LogP contribution in [0, 0.1) is 6.92 Å². The summed E-state index contributed by atoms with van der Waals surface area (Å²) >= 11 is 0. The van der Waals surface area contributed by atoms with Crippen molar-refractivity contribution in [3.8, 4) is 0 Å². The Kier molecular flexibility index (Phi) is 4.11. The van der Waals surface area contributed by atoms with E-state index < -0.39 is 0 Å². The number of aryl methyl sites for hydroxylation is 1. The van der Waals surface area contributed by atoms with Gasteiger partial charge in [-0.05, 0) is 12.8 Å². The first kappa shape index (κ1) is 13.2. The van der Waals surface area contributed by atoms with Crippen molar-refractivity contribution in [1.82, 2.24) is 9.97 Å². The maximum atomic E-state index is 5.60. The number of nitrogens with one attached hydrogen (secondary N) is 1. The molecule has 0 aromatic carbocycles. The highest BCUT2D eigenvalue weighted by Crippen LogP contribution is 2.27. The highest BCUT2D eigenvalue weighted by Gasteiger charge is 2.22. The van der Waals surface area contributed by atoms with Crippen molar-refractivity contribution in [2.24, 2.45) is 5.84 Å². The van der Waals surface area contributed by atoms with Gasteiger partial charge in [-0.3, -0.25) is 0 Å². The van der Waals surface area contributed by atoms with Crippen LogP contribution in [0.25, 0.3) is 0 Å². The number of nitrogens with two attached hydrogens (primary N) is 1. The van der Waals surface area contributed by atoms with Gasteiger partial charge in [0.05, 0.1) is 19.8 Å². The third kappa shape index (κ3) is 2.60. The van der Waals surface area contributed by atoms with E-state index in [1.54, 1.807) is 0 Å². The van der Waals surface area contributed by atoms with Crippen LogP contribution < -0.4 is 11.3 Å². The Morgan fingerprint density at radius 3 is 2.67 bits per heavy atom. The summed E-state index contributed by atoms with van der Waals surface area (Å²) in [5, 5.41) is 0. The van der Waals surface area contributed by atoms with Crippen molar-refractivity contribution in [2.45, 2.75) is 32.8 Å². The Morgan fingerprint density at radius 1 is 1.33 bits per heavy atom. The highest BCUT2D eigenvalue weighted by molar-refractivity contribution is 5.47. The lowest BCUT2D eigenvalue weighted by Crippen LogP contribution is -2.25. The zero-order chi connectivity index (χ0) is 13.1. The number of nitrogens with zero attached hydrogens (tertiary/aromatic N) is 2. The zero-order valence-electron chi connectivity index (χ0n) is 11.1. The van der Waals surface area contributed by atoms with Gasteiger partial charge in [-0.1, -0.05) is 13.8 Å². The second-order valence-corrected chi connectivity index (χ2v) is 4.66. The fourth-order valence-electron chi connectivity index (χ4n) is 2.19. The molecule has 1 fully saturated rings. The van der Waals surface area contributed by atoms with E-state index in [4.69, 9.17) is 15.3 Å². The van der Waals surface area contributed by atoms with Gasteiger partial charge in [0, 0.05) is 11.3 Å². The molecular weight excluding hydrogens is 232 g/mol. The number of rotatable bonds is 3. The van der Waals surface area contributed by atoms with Crippen molar-refractivity contribution >= 4 is 5.82 Å². The molecule has 1 aromatic heterocycles. The standard InChI is InChI=1S/C12H20N4O2/c1-7(2)10-8(3)14-11(15-12(10)16-13)9-6-17-4-5-18-9/h7,9H,4-6,13H2,1-3H3,(H,14,15,16). The molecule has 0 spiro atoms. The molecule has 2 heterocycles. The van der Waals surface area contributed by atoms with E-state index in [1.165, 1.54) is 0 Å². The van der Waals surface area contributed by atoms with Crippen LogP contribution in [0.4, 0.5) is 5.82 Å². The van der Waals surface area contributed by atoms with Gasteiger partial charge in [0.1, 0.15) is 11.9 Å². The monoisotopic (exact) mass is 252 g/mol. The van der Waals surface area contributed by atoms with Gasteiger partial charge in [0.2, 0.25) is 0 Å². The van der Waals surface area contributed by atoms with Gasteiger partial charge in [-0.25, -0.2) is 15.8 Å². The number of ether oxygens (including phenoxy) is 2. The van der Waals surface area contributed by atoms with E-state index >= 15 is 0 Å². The molecule has 1 aliphatic rings. The van der Waals surface area contributed by atoms with Gasteiger partial charge in [0.25, 0.3) is 0 Å². The molecular formula is C12H20N4O2. The number of hydrogen-bond donors (Lipinski definition) is 2. The summed E-state index contributed by atoms with van der Waals surface area (Å²) in [6.07, 6.45) is -0.203. The Balaban J connectivity index is 2.35. The molecule has 3 N–H and O–H groups in total. The van der Waals surface area contributed by atoms with Crippen molar-refractivity contribution in [2.75, 3.05) is 25.2 Å². The van der Waals surface area contributed by atoms with E-state index in [0.29, 0.717) is 37.4 Å². The second-order valence-electron chi connectivity index (χ2n) is 4.66. The lowest BCUT2D eigenvalue weighted by atomic mass is 10.0. The summed E-state index contributed by atoms with van der Waals surface area (Å²) in [5.74, 6) is 7.15. The van der Waals surface area contributed by atoms with Gasteiger partial charge in [-0.15, -0.1) is 0 Å². The Labute approximate surface area is 107 Å². The van der Waals surface area contributed by atoms with E-state index in [2.05, 4.69) is 29.2 Å². The minimum atomic E-state index is -0.203. The van der Waals surface area contributed by atoms with Crippen LogP contribution in [-0.4, -0.2) is 29.8 Å². The Hall–Kier alpha value is -1.24. The molecule has 1 unspecified atom stereocenters. The van der Waals surface area contributed by atoms with E-state index in [-0.39, 0.29) is 6.10 Å². The molecule has 1 aromatic rings. The first-order valence-electron chi connectivity index (χ1n) is 6.18. The van der Waals surface area contributed by atoms with Gasteiger partial charge in [0.15, 0.2) is 5.82 Å². The van der Waals surface area contributed by atoms with E-state index in [0.717, 1.165) is 11.3 Å². The van der Waals surface area contributed by atoms with Crippen LogP contribution in [0.2, 0.25) is 0 Å². The van der Waals surface area contributed by atoms with Crippen LogP contribution in [0.1, 0.15) is 43.0 Å². The van der Waals surface area contributed by atoms with Crippen molar-refractivity contribution in [1.29, 1.82) is 0 Å². The third-order valence-electron chi connectivity index (χ3n) is 2.97. The largest absolute Gasteiger partial charge is 0.376 e. The summed E-state index contributed by atoms with van der Waals surface area (Å²) in [7, 11) is 0. The van der Waals surface area contributed by atoms with E-state index in [9.17, 15) is 0 Å². The van der Waals surface area contributed by atoms with Crippen molar-refractivity contribution < 1.29 is 9.47 Å². The van der Waals surface area contributed by atoms with Gasteiger partial charge < -0.3 is 14.9 Å². The number of aromatic nitrogens is 2. The molecule has 2 rings (SSSR count). The molecule has 1 atom stereocenters. The lowest BCUT2D eigenvalue weighted by molar-refractivity contribution is -0.0935. The minimum Gasteiger partial charge on any atom is -0.376 e. The SMILES string of the molecule is Cc1nc(C2COCCO2)nc(NN)c1C(C)C. The normalized spacial score (nSPS) is 20.2. The number of anilines is 1. The van der Waals surface area contributed by atoms with Crippen LogP contribution in [0.3, 0.4) is 0 Å². The summed E-state index contributed by atoms with van der Waals surface area (Å²) in [6.45, 7) is 7.83. The fraction of sp³-hybridized carbons (Fsp3) is 0.667. The first-order chi connectivity index (χ1) is 8.63. The van der Waals surface area contributed by atoms with Crippen LogP contribution in [-0.2, 0) is 9.47 Å². The molecule has 1 saturated heterocycles. The smallest absolute Gasteiger partial charge is 0.162 e. The topological polar surface area (TPSA) is 82.3 Å². The lowest BCUT2D eigenvalue weighted by Gasteiger charge is -2.23. The van der Waals surface area contributed by atoms with Crippen LogP contribution >= 0.6 is 0 Å². The van der Waals surface area contributed by atoms with Gasteiger partial charge >= 0.3 is 0 Å². The number of hydrogen-bond acceptors (Lipinski definition) is 6. The second kappa shape index (κ2) is 5.60. The Bertz CT molecular complexity index is 417. The van der Waals surface area contributed by atoms with Crippen molar-refractivity contribution in [3.05, 3.63) is 17.1 Å². The van der Waals surface area contributed by atoms with Crippen LogP contribution in [0.5, 0.6) is 0 Å². The van der Waals surface area contributed by atoms with Crippen LogP contribution in [0.15, 0.2) is 0 Å². The fourth-order valence-corrected chi connectivity index (χ4v) is 2.19. The average molecular weight is 252 g/mol. The van der Waals surface area contributed by atoms with Crippen molar-refractivity contribution in [3.63, 3.8) is 0 Å². The molecule has 18 heavy (non-hydrogen) atoms. The predicted molar refractivity (Wildman–Crippen MR) is 68.2 cm³/mol. The summed E-state index contributed by atoms with van der Waals surface area (Å²) in [4.78, 5) is 8.96. The van der Waals surface area contributed by atoms with Gasteiger partial charge in [-0.2, -0.15) is 0 Å². The molecule has 100 valence electrons. The maximum absolute atomic E-state index is 5.60. The first-order valence-corrected chi connectivity index (χ1v) is 6.18. The summed E-state index contributed by atoms with van der Waals surface area (Å²) in [6, 6.07) is 0.